The molecular weight excluding hydrogens is 649 g/mol. The number of nitrogens with zero attached hydrogens (tertiary/aromatic N) is 3. The van der Waals surface area contributed by atoms with Crippen LogP contribution in [0.4, 0.5) is 5.88 Å². The minimum absolute atomic E-state index is 0.357. The van der Waals surface area contributed by atoms with Crippen LogP contribution in [0.5, 0.6) is 0 Å². The highest BCUT2D eigenvalue weighted by molar-refractivity contribution is 6.40. The van der Waals surface area contributed by atoms with E-state index in [4.69, 9.17) is 9.41 Å². The number of aromatic nitrogens is 2. The molecule has 13 rings (SSSR count). The molecule has 0 saturated heterocycles. The highest BCUT2D eigenvalue weighted by Crippen LogP contribution is 2.49. The van der Waals surface area contributed by atoms with Gasteiger partial charge < -0.3 is 14.1 Å². The van der Waals surface area contributed by atoms with E-state index in [1.54, 1.807) is 0 Å². The van der Waals surface area contributed by atoms with Crippen LogP contribution in [0.15, 0.2) is 167 Å². The first-order valence-corrected chi connectivity index (χ1v) is 18.2. The monoisotopic (exact) mass is 676 g/mol. The molecule has 1 aliphatic rings. The fraction of sp³-hybridized carbons (Fsp3) is 0.0208. The third-order valence-corrected chi connectivity index (χ3v) is 11.6. The van der Waals surface area contributed by atoms with Crippen molar-refractivity contribution in [2.45, 2.75) is 6.17 Å². The summed E-state index contributed by atoms with van der Waals surface area (Å²) in [5.41, 5.74) is 8.86. The summed E-state index contributed by atoms with van der Waals surface area (Å²) in [7, 11) is 0. The third kappa shape index (κ3) is 3.49. The second kappa shape index (κ2) is 9.81. The molecule has 0 bridgehead atoms. The Bertz CT molecular complexity index is 3560. The van der Waals surface area contributed by atoms with Crippen LogP contribution in [-0.2, 0) is 0 Å². The summed E-state index contributed by atoms with van der Waals surface area (Å²) in [4.78, 5) is 5.66. The van der Waals surface area contributed by atoms with Gasteiger partial charge in [-0.1, -0.05) is 121 Å². The molecule has 1 atom stereocenters. The number of para-hydroxylation sites is 3. The van der Waals surface area contributed by atoms with Gasteiger partial charge in [-0.15, -0.1) is 0 Å². The van der Waals surface area contributed by atoms with E-state index in [2.05, 4.69) is 160 Å². The van der Waals surface area contributed by atoms with Gasteiger partial charge >= 0.3 is 0 Å². The number of anilines is 1. The van der Waals surface area contributed by atoms with Gasteiger partial charge in [0.2, 0.25) is 5.88 Å². The normalized spacial score (nSPS) is 14.9. The van der Waals surface area contributed by atoms with Crippen LogP contribution in [-0.4, -0.2) is 14.8 Å². The average Bonchev–Trinajstić information content (AvgIpc) is 3.95. The van der Waals surface area contributed by atoms with Crippen LogP contribution in [0.25, 0.3) is 92.4 Å². The van der Waals surface area contributed by atoms with Crippen molar-refractivity contribution in [1.82, 2.24) is 8.97 Å². The fourth-order valence-corrected chi connectivity index (χ4v) is 9.42. The fourth-order valence-electron chi connectivity index (χ4n) is 9.42. The predicted molar refractivity (Wildman–Crippen MR) is 220 cm³/mol. The van der Waals surface area contributed by atoms with Crippen LogP contribution >= 0.6 is 0 Å². The zero-order valence-corrected chi connectivity index (χ0v) is 28.3. The standard InChI is InChI=1S/C48H28N4O/c1-2-13-29-25-30(22-21-27(29)11-1)46-49-47(43-34-17-7-10-20-40(34)53-48(43)50-46)52-37-19-9-6-16-33(37)42-39(52)26-35-32-15-5-8-18-36(32)51-38-24-23-28-12-3-4-14-31(28)41(38)44(42)45(35)51/h1-26,46,50H. The van der Waals surface area contributed by atoms with Crippen molar-refractivity contribution in [1.29, 1.82) is 0 Å². The van der Waals surface area contributed by atoms with Gasteiger partial charge in [0.15, 0.2) is 0 Å². The summed E-state index contributed by atoms with van der Waals surface area (Å²) in [5, 5.41) is 17.1. The molecule has 0 fully saturated rings. The SMILES string of the molecule is c1ccc2cc(C3N=C(n4c5ccccc5c5c6c7c8ccccc8ccc7n7c8ccccc8c(cc54)c67)c4c(oc5ccccc45)N3)ccc2c1. The molecule has 0 amide bonds. The molecule has 246 valence electrons. The maximum absolute atomic E-state index is 6.64. The molecule has 1 N–H and O–H groups in total. The zero-order valence-electron chi connectivity index (χ0n) is 28.3. The van der Waals surface area contributed by atoms with Gasteiger partial charge in [0.25, 0.3) is 0 Å². The molecular formula is C48H28N4O. The summed E-state index contributed by atoms with van der Waals surface area (Å²) < 4.78 is 11.5. The van der Waals surface area contributed by atoms with Crippen LogP contribution in [0.2, 0.25) is 0 Å². The number of fused-ring (bicyclic) bond motifs is 16. The Labute approximate surface area is 301 Å². The number of hydrogen-bond donors (Lipinski definition) is 1. The Hall–Kier alpha value is -7.11. The lowest BCUT2D eigenvalue weighted by molar-refractivity contribution is 0.608. The van der Waals surface area contributed by atoms with Gasteiger partial charge in [0.1, 0.15) is 17.6 Å². The molecule has 0 spiro atoms. The first-order valence-electron chi connectivity index (χ1n) is 18.2. The van der Waals surface area contributed by atoms with Crippen LogP contribution < -0.4 is 5.32 Å². The molecule has 1 unspecified atom stereocenters. The largest absolute Gasteiger partial charge is 0.440 e. The number of benzene rings is 8. The molecule has 5 heterocycles. The molecule has 5 nitrogen and oxygen atoms in total. The minimum atomic E-state index is -0.357. The topological polar surface area (TPSA) is 46.9 Å². The predicted octanol–water partition coefficient (Wildman–Crippen LogP) is 12.4. The van der Waals surface area contributed by atoms with Crippen molar-refractivity contribution < 1.29 is 4.42 Å². The van der Waals surface area contributed by atoms with Crippen molar-refractivity contribution in [3.63, 3.8) is 0 Å². The molecule has 4 aromatic heterocycles. The smallest absolute Gasteiger partial charge is 0.207 e. The van der Waals surface area contributed by atoms with Crippen molar-refractivity contribution in [3.8, 4) is 0 Å². The Morgan fingerprint density at radius 1 is 0.491 bits per heavy atom. The van der Waals surface area contributed by atoms with Crippen LogP contribution in [0, 0.1) is 0 Å². The van der Waals surface area contributed by atoms with Crippen molar-refractivity contribution >= 4 is 104 Å². The molecule has 12 aromatic rings. The quantitative estimate of drug-likeness (QED) is 0.188. The Morgan fingerprint density at radius 2 is 1.17 bits per heavy atom. The van der Waals surface area contributed by atoms with Gasteiger partial charge in [-0.3, -0.25) is 4.57 Å². The summed E-state index contributed by atoms with van der Waals surface area (Å²) in [5.74, 6) is 1.61. The maximum Gasteiger partial charge on any atom is 0.207 e. The molecule has 8 aromatic carbocycles. The Morgan fingerprint density at radius 3 is 2.06 bits per heavy atom. The highest BCUT2D eigenvalue weighted by Gasteiger charge is 2.32. The van der Waals surface area contributed by atoms with Crippen molar-refractivity contribution in [3.05, 3.63) is 169 Å². The van der Waals surface area contributed by atoms with Gasteiger partial charge in [0, 0.05) is 37.7 Å². The Balaban J connectivity index is 1.23. The lowest BCUT2D eigenvalue weighted by Gasteiger charge is -2.24. The zero-order chi connectivity index (χ0) is 34.4. The minimum Gasteiger partial charge on any atom is -0.440 e. The molecule has 0 radical (unpaired) electrons. The van der Waals surface area contributed by atoms with E-state index in [9.17, 15) is 0 Å². The number of aliphatic imine (C=N–C) groups is 1. The lowest BCUT2D eigenvalue weighted by Crippen LogP contribution is -2.24. The summed E-state index contributed by atoms with van der Waals surface area (Å²) in [6.07, 6.45) is -0.357. The van der Waals surface area contributed by atoms with E-state index in [1.165, 1.54) is 70.4 Å². The first kappa shape index (κ1) is 27.6. The second-order valence-electron chi connectivity index (χ2n) is 14.3. The van der Waals surface area contributed by atoms with E-state index < -0.39 is 0 Å². The van der Waals surface area contributed by atoms with Gasteiger partial charge in [-0.25, -0.2) is 4.99 Å². The van der Waals surface area contributed by atoms with Gasteiger partial charge in [-0.05, 0) is 63.5 Å². The van der Waals surface area contributed by atoms with Crippen molar-refractivity contribution in [2.75, 3.05) is 5.32 Å². The summed E-state index contributed by atoms with van der Waals surface area (Å²) >= 11 is 0. The third-order valence-electron chi connectivity index (χ3n) is 11.6. The van der Waals surface area contributed by atoms with E-state index in [0.717, 1.165) is 44.8 Å². The molecule has 0 aliphatic carbocycles. The van der Waals surface area contributed by atoms with E-state index >= 15 is 0 Å². The van der Waals surface area contributed by atoms with E-state index in [-0.39, 0.29) is 6.17 Å². The average molecular weight is 677 g/mol. The number of nitrogens with one attached hydrogen (secondary N) is 1. The van der Waals surface area contributed by atoms with Crippen LogP contribution in [0.1, 0.15) is 17.3 Å². The lowest BCUT2D eigenvalue weighted by atomic mass is 9.98. The highest BCUT2D eigenvalue weighted by atomic mass is 16.4. The molecule has 0 saturated carbocycles. The second-order valence-corrected chi connectivity index (χ2v) is 14.3. The van der Waals surface area contributed by atoms with E-state index in [1.807, 2.05) is 12.1 Å². The number of rotatable bonds is 1. The number of furan rings is 1. The maximum atomic E-state index is 6.64. The number of hydrogen-bond acceptors (Lipinski definition) is 3. The first-order chi connectivity index (χ1) is 26.3. The summed E-state index contributed by atoms with van der Waals surface area (Å²) in [6.45, 7) is 0. The molecule has 5 heteroatoms. The van der Waals surface area contributed by atoms with E-state index in [0.29, 0.717) is 0 Å². The molecule has 1 aliphatic heterocycles. The van der Waals surface area contributed by atoms with Gasteiger partial charge in [-0.2, -0.15) is 0 Å². The Kier molecular flexibility index (Phi) is 5.11. The molecule has 53 heavy (non-hydrogen) atoms. The van der Waals surface area contributed by atoms with Crippen molar-refractivity contribution in [2.24, 2.45) is 4.99 Å². The summed E-state index contributed by atoms with van der Waals surface area (Å²) in [6, 6.07) is 56.9. The van der Waals surface area contributed by atoms with Crippen LogP contribution in [0.3, 0.4) is 0 Å². The van der Waals surface area contributed by atoms with Gasteiger partial charge in [0.05, 0.1) is 33.1 Å².